The Morgan fingerprint density at radius 1 is 1.26 bits per heavy atom. The van der Waals surface area contributed by atoms with E-state index < -0.39 is 24.1 Å². The van der Waals surface area contributed by atoms with Gasteiger partial charge in [-0.3, -0.25) is 9.59 Å². The molecule has 1 saturated heterocycles. The Labute approximate surface area is 137 Å². The fourth-order valence-corrected chi connectivity index (χ4v) is 2.75. The minimum absolute atomic E-state index is 0.0386. The molecule has 1 aliphatic rings. The first-order valence-electron chi connectivity index (χ1n) is 8.24. The molecular formula is C16H29N3O4. The van der Waals surface area contributed by atoms with Crippen LogP contribution in [0.5, 0.6) is 0 Å². The number of carboxylic acids is 1. The van der Waals surface area contributed by atoms with Crippen LogP contribution in [0.15, 0.2) is 0 Å². The molecule has 1 fully saturated rings. The van der Waals surface area contributed by atoms with Gasteiger partial charge in [0.15, 0.2) is 0 Å². The standard InChI is InChI=1S/C16H29N3O4/c1-9(2)8-11(18-14(20)13(17)10(3)4)15(21)19-7-5-6-12(19)16(22)23/h9-13H,5-8,17H2,1-4H3,(H,18,20)(H,22,23)/t11-,12+,13-/m0/s1. The number of nitrogens with zero attached hydrogens (tertiary/aromatic N) is 1. The summed E-state index contributed by atoms with van der Waals surface area (Å²) in [4.78, 5) is 37.6. The number of carboxylic acid groups (broad SMARTS) is 1. The molecule has 0 radical (unpaired) electrons. The Balaban J connectivity index is 2.86. The molecule has 2 amide bonds. The first kappa shape index (κ1) is 19.4. The molecule has 1 aliphatic heterocycles. The lowest BCUT2D eigenvalue weighted by Crippen LogP contribution is -2.55. The normalized spacial score (nSPS) is 20.7. The van der Waals surface area contributed by atoms with Crippen LogP contribution in [0, 0.1) is 11.8 Å². The number of likely N-dealkylation sites (tertiary alicyclic amines) is 1. The SMILES string of the molecule is CC(C)C[C@H](NC(=O)[C@@H](N)C(C)C)C(=O)N1CCC[C@@H]1C(=O)O. The van der Waals surface area contributed by atoms with Gasteiger partial charge < -0.3 is 21.1 Å². The molecule has 0 aromatic rings. The molecule has 0 aromatic heterocycles. The van der Waals surface area contributed by atoms with Crippen molar-refractivity contribution in [2.45, 2.75) is 65.1 Å². The molecule has 0 spiro atoms. The minimum Gasteiger partial charge on any atom is -0.480 e. The summed E-state index contributed by atoms with van der Waals surface area (Å²) < 4.78 is 0. The predicted molar refractivity (Wildman–Crippen MR) is 86.6 cm³/mol. The van der Waals surface area contributed by atoms with Gasteiger partial charge >= 0.3 is 5.97 Å². The number of rotatable bonds is 7. The lowest BCUT2D eigenvalue weighted by Gasteiger charge is -2.29. The summed E-state index contributed by atoms with van der Waals surface area (Å²) >= 11 is 0. The molecule has 0 aliphatic carbocycles. The Hall–Kier alpha value is -1.63. The summed E-state index contributed by atoms with van der Waals surface area (Å²) in [5.41, 5.74) is 5.84. The molecule has 0 aromatic carbocycles. The minimum atomic E-state index is -0.996. The third-order valence-corrected chi connectivity index (χ3v) is 4.16. The summed E-state index contributed by atoms with van der Waals surface area (Å²) in [7, 11) is 0. The molecule has 4 N–H and O–H groups in total. The Morgan fingerprint density at radius 2 is 1.87 bits per heavy atom. The van der Waals surface area contributed by atoms with Crippen molar-refractivity contribution in [2.24, 2.45) is 17.6 Å². The topological polar surface area (TPSA) is 113 Å². The van der Waals surface area contributed by atoms with Crippen LogP contribution >= 0.6 is 0 Å². The van der Waals surface area contributed by atoms with Crippen molar-refractivity contribution in [3.63, 3.8) is 0 Å². The highest BCUT2D eigenvalue weighted by Crippen LogP contribution is 2.20. The number of nitrogens with one attached hydrogen (secondary N) is 1. The highest BCUT2D eigenvalue weighted by Gasteiger charge is 2.38. The van der Waals surface area contributed by atoms with Gasteiger partial charge in [0.25, 0.3) is 0 Å². The van der Waals surface area contributed by atoms with Gasteiger partial charge in [-0.1, -0.05) is 27.7 Å². The fourth-order valence-electron chi connectivity index (χ4n) is 2.75. The smallest absolute Gasteiger partial charge is 0.326 e. The van der Waals surface area contributed by atoms with Crippen LogP contribution in [-0.4, -0.2) is 52.5 Å². The summed E-state index contributed by atoms with van der Waals surface area (Å²) in [6, 6.07) is -2.22. The zero-order valence-corrected chi connectivity index (χ0v) is 14.4. The van der Waals surface area contributed by atoms with E-state index in [1.807, 2.05) is 27.7 Å². The molecule has 1 heterocycles. The van der Waals surface area contributed by atoms with Crippen LogP contribution in [-0.2, 0) is 14.4 Å². The molecular weight excluding hydrogens is 298 g/mol. The second-order valence-corrected chi connectivity index (χ2v) is 6.99. The molecule has 7 heteroatoms. The van der Waals surface area contributed by atoms with Gasteiger partial charge in [-0.15, -0.1) is 0 Å². The number of amides is 2. The maximum absolute atomic E-state index is 12.7. The van der Waals surface area contributed by atoms with Crippen LogP contribution in [0.4, 0.5) is 0 Å². The number of aliphatic carboxylic acids is 1. The molecule has 0 bridgehead atoms. The van der Waals surface area contributed by atoms with E-state index in [9.17, 15) is 19.5 Å². The number of carbonyl (C=O) groups is 3. The maximum atomic E-state index is 12.7. The first-order chi connectivity index (χ1) is 10.6. The maximum Gasteiger partial charge on any atom is 0.326 e. The van der Waals surface area contributed by atoms with E-state index in [-0.39, 0.29) is 23.7 Å². The predicted octanol–water partition coefficient (Wildman–Crippen LogP) is 0.576. The third kappa shape index (κ3) is 5.20. The Morgan fingerprint density at radius 3 is 2.35 bits per heavy atom. The van der Waals surface area contributed by atoms with Crippen LogP contribution in [0.3, 0.4) is 0 Å². The van der Waals surface area contributed by atoms with E-state index in [0.717, 1.165) is 0 Å². The van der Waals surface area contributed by atoms with Crippen molar-refractivity contribution in [2.75, 3.05) is 6.54 Å². The van der Waals surface area contributed by atoms with Crippen molar-refractivity contribution in [3.8, 4) is 0 Å². The quantitative estimate of drug-likeness (QED) is 0.633. The van der Waals surface area contributed by atoms with Crippen molar-refractivity contribution in [1.82, 2.24) is 10.2 Å². The molecule has 23 heavy (non-hydrogen) atoms. The van der Waals surface area contributed by atoms with E-state index in [0.29, 0.717) is 25.8 Å². The van der Waals surface area contributed by atoms with Crippen LogP contribution in [0.1, 0.15) is 47.0 Å². The van der Waals surface area contributed by atoms with Crippen molar-refractivity contribution < 1.29 is 19.5 Å². The molecule has 132 valence electrons. The zero-order valence-electron chi connectivity index (χ0n) is 14.4. The van der Waals surface area contributed by atoms with Gasteiger partial charge in [0, 0.05) is 6.54 Å². The molecule has 1 rings (SSSR count). The summed E-state index contributed by atoms with van der Waals surface area (Å²) in [6.45, 7) is 7.99. The molecule has 7 nitrogen and oxygen atoms in total. The van der Waals surface area contributed by atoms with Gasteiger partial charge in [0.1, 0.15) is 12.1 Å². The van der Waals surface area contributed by atoms with Crippen molar-refractivity contribution >= 4 is 17.8 Å². The average Bonchev–Trinajstić information content (AvgIpc) is 2.93. The van der Waals surface area contributed by atoms with Crippen molar-refractivity contribution in [1.29, 1.82) is 0 Å². The largest absolute Gasteiger partial charge is 0.480 e. The Bertz CT molecular complexity index is 451. The summed E-state index contributed by atoms with van der Waals surface area (Å²) in [5.74, 6) is -1.55. The summed E-state index contributed by atoms with van der Waals surface area (Å²) in [6.07, 6.45) is 1.57. The van der Waals surface area contributed by atoms with E-state index in [1.54, 1.807) is 0 Å². The lowest BCUT2D eigenvalue weighted by molar-refractivity contribution is -0.149. The highest BCUT2D eigenvalue weighted by molar-refractivity contribution is 5.92. The number of nitrogens with two attached hydrogens (primary N) is 1. The van der Waals surface area contributed by atoms with Gasteiger partial charge in [-0.25, -0.2) is 4.79 Å². The molecule has 0 saturated carbocycles. The van der Waals surface area contributed by atoms with E-state index in [2.05, 4.69) is 5.32 Å². The van der Waals surface area contributed by atoms with Crippen LogP contribution < -0.4 is 11.1 Å². The average molecular weight is 327 g/mol. The van der Waals surface area contributed by atoms with Gasteiger partial charge in [0.2, 0.25) is 11.8 Å². The van der Waals surface area contributed by atoms with E-state index in [4.69, 9.17) is 5.73 Å². The van der Waals surface area contributed by atoms with Gasteiger partial charge in [0.05, 0.1) is 6.04 Å². The monoisotopic (exact) mass is 327 g/mol. The van der Waals surface area contributed by atoms with Crippen LogP contribution in [0.2, 0.25) is 0 Å². The highest BCUT2D eigenvalue weighted by atomic mass is 16.4. The number of hydrogen-bond donors (Lipinski definition) is 3. The Kier molecular flexibility index (Phi) is 7.00. The van der Waals surface area contributed by atoms with E-state index >= 15 is 0 Å². The van der Waals surface area contributed by atoms with E-state index in [1.165, 1.54) is 4.90 Å². The van der Waals surface area contributed by atoms with Crippen molar-refractivity contribution in [3.05, 3.63) is 0 Å². The number of hydrogen-bond acceptors (Lipinski definition) is 4. The summed E-state index contributed by atoms with van der Waals surface area (Å²) in [5, 5.41) is 12.0. The molecule has 0 unspecified atom stereocenters. The van der Waals surface area contributed by atoms with Crippen LogP contribution in [0.25, 0.3) is 0 Å². The molecule has 3 atom stereocenters. The lowest BCUT2D eigenvalue weighted by atomic mass is 10.00. The van der Waals surface area contributed by atoms with Gasteiger partial charge in [-0.2, -0.15) is 0 Å². The number of carbonyl (C=O) groups excluding carboxylic acids is 2. The zero-order chi connectivity index (χ0) is 17.7. The second-order valence-electron chi connectivity index (χ2n) is 6.99. The first-order valence-corrected chi connectivity index (χ1v) is 8.24. The van der Waals surface area contributed by atoms with Gasteiger partial charge in [-0.05, 0) is 31.1 Å². The third-order valence-electron chi connectivity index (χ3n) is 4.16. The second kappa shape index (κ2) is 8.29. The fraction of sp³-hybridized carbons (Fsp3) is 0.812.